The maximum Gasteiger partial charge on any atom is 0.264 e. The molecule has 0 unspecified atom stereocenters. The van der Waals surface area contributed by atoms with Gasteiger partial charge in [0.2, 0.25) is 5.88 Å². The van der Waals surface area contributed by atoms with Crippen LogP contribution in [-0.2, 0) is 0 Å². The fraction of sp³-hybridized carbons (Fsp3) is 0.688. The molecule has 0 aliphatic heterocycles. The smallest absolute Gasteiger partial charge is 0.264 e. The maximum atomic E-state index is 12.1. The molecule has 1 aliphatic rings. The Hall–Kier alpha value is -1.47. The molecule has 1 saturated carbocycles. The second-order valence-electron chi connectivity index (χ2n) is 7.21. The fourth-order valence-corrected chi connectivity index (χ4v) is 3.19. The van der Waals surface area contributed by atoms with Crippen molar-refractivity contribution in [3.8, 4) is 5.88 Å². The van der Waals surface area contributed by atoms with Crippen LogP contribution < -0.4 is 5.56 Å². The lowest BCUT2D eigenvalue weighted by molar-refractivity contribution is -0.868. The summed E-state index contributed by atoms with van der Waals surface area (Å²) in [5.41, 5.74) is -0.181. The van der Waals surface area contributed by atoms with Gasteiger partial charge in [-0.1, -0.05) is 19.3 Å². The molecule has 0 bridgehead atoms. The van der Waals surface area contributed by atoms with Gasteiger partial charge in [-0.05, 0) is 25.1 Å². The third-order valence-corrected chi connectivity index (χ3v) is 4.51. The van der Waals surface area contributed by atoms with E-state index in [1.54, 1.807) is 4.57 Å². The summed E-state index contributed by atoms with van der Waals surface area (Å²) >= 11 is 5.25. The van der Waals surface area contributed by atoms with Gasteiger partial charge in [0.1, 0.15) is 5.56 Å². The highest BCUT2D eigenvalue weighted by Crippen LogP contribution is 2.31. The Morgan fingerprint density at radius 3 is 2.61 bits per heavy atom. The van der Waals surface area contributed by atoms with Gasteiger partial charge < -0.3 is 9.59 Å². The van der Waals surface area contributed by atoms with Gasteiger partial charge in [0.05, 0.1) is 34.2 Å². The largest absolute Gasteiger partial charge is 0.494 e. The molecule has 0 radical (unpaired) electrons. The number of quaternary nitrogens is 1. The van der Waals surface area contributed by atoms with Gasteiger partial charge in [0, 0.05) is 12.3 Å². The second kappa shape index (κ2) is 7.40. The third-order valence-electron chi connectivity index (χ3n) is 4.21. The minimum absolute atomic E-state index is 0.0559. The summed E-state index contributed by atoms with van der Waals surface area (Å²) < 4.78 is 2.78. The Kier molecular flexibility index (Phi) is 5.75. The molecule has 0 spiro atoms. The molecule has 1 fully saturated rings. The predicted octanol–water partition coefficient (Wildman–Crippen LogP) is 2.24. The molecular formula is C16H27N4O2S+. The summed E-state index contributed by atoms with van der Waals surface area (Å²) in [5.74, 6) is -0.0559. The van der Waals surface area contributed by atoms with Gasteiger partial charge in [-0.15, -0.1) is 0 Å². The number of nitrogens with zero attached hydrogens (tertiary/aromatic N) is 3. The Balaban J connectivity index is 2.27. The topological polar surface area (TPSA) is 70.4 Å². The molecule has 6 nitrogen and oxygen atoms in total. The van der Waals surface area contributed by atoms with Crippen LogP contribution in [0.15, 0.2) is 9.79 Å². The molecule has 1 aromatic rings. The Morgan fingerprint density at radius 2 is 2.00 bits per heavy atom. The number of rotatable bonds is 5. The van der Waals surface area contributed by atoms with Gasteiger partial charge in [-0.2, -0.15) is 0 Å². The molecule has 7 heteroatoms. The van der Waals surface area contributed by atoms with E-state index in [2.05, 4.69) is 31.1 Å². The lowest BCUT2D eigenvalue weighted by atomic mass is 9.95. The molecule has 23 heavy (non-hydrogen) atoms. The summed E-state index contributed by atoms with van der Waals surface area (Å²) in [5, 5.41) is 10.5. The molecule has 2 rings (SSSR count). The van der Waals surface area contributed by atoms with E-state index in [-0.39, 0.29) is 23.0 Å². The first-order valence-corrected chi connectivity index (χ1v) is 8.58. The highest BCUT2D eigenvalue weighted by molar-refractivity contribution is 7.71. The minimum Gasteiger partial charge on any atom is -0.494 e. The molecule has 0 aromatic carbocycles. The first kappa shape index (κ1) is 17.9. The molecule has 128 valence electrons. The number of H-pyrrole nitrogens is 1. The average molecular weight is 339 g/mol. The van der Waals surface area contributed by atoms with Crippen LogP contribution in [0.5, 0.6) is 5.88 Å². The molecule has 0 amide bonds. The van der Waals surface area contributed by atoms with E-state index in [0.29, 0.717) is 11.3 Å². The quantitative estimate of drug-likeness (QED) is 0.491. The van der Waals surface area contributed by atoms with E-state index in [1.807, 2.05) is 0 Å². The van der Waals surface area contributed by atoms with E-state index in [4.69, 9.17) is 12.2 Å². The van der Waals surface area contributed by atoms with E-state index < -0.39 is 0 Å². The van der Waals surface area contributed by atoms with Crippen LogP contribution in [0.4, 0.5) is 0 Å². The standard InChI is InChI=1S/C16H26N4O2S/c1-20(2,3)10-9-17-11-13-14(21)18-16(23)19(15(13)22)12-7-5-4-6-8-12/h11-12H,4-10H2,1-3H3,(H-,17,18,21,22,23)/p+1. The molecule has 2 N–H and O–H groups in total. The van der Waals surface area contributed by atoms with Crippen molar-refractivity contribution in [3.63, 3.8) is 0 Å². The SMILES string of the molecule is C[N+](C)(C)CCN=Cc1c(O)n(C2CCCCC2)c(=S)[nH]c1=O. The van der Waals surface area contributed by atoms with Crippen LogP contribution in [0.25, 0.3) is 0 Å². The van der Waals surface area contributed by atoms with Gasteiger partial charge in [0.15, 0.2) is 4.77 Å². The van der Waals surface area contributed by atoms with E-state index in [9.17, 15) is 9.90 Å². The lowest BCUT2D eigenvalue weighted by Gasteiger charge is -2.25. The second-order valence-corrected chi connectivity index (χ2v) is 7.59. The zero-order valence-electron chi connectivity index (χ0n) is 14.2. The predicted molar refractivity (Wildman–Crippen MR) is 95.0 cm³/mol. The fourth-order valence-electron chi connectivity index (χ4n) is 2.86. The van der Waals surface area contributed by atoms with Crippen molar-refractivity contribution < 1.29 is 9.59 Å². The molecule has 1 aromatic heterocycles. The first-order chi connectivity index (χ1) is 10.8. The van der Waals surface area contributed by atoms with E-state index >= 15 is 0 Å². The Morgan fingerprint density at radius 1 is 1.35 bits per heavy atom. The number of aromatic nitrogens is 2. The zero-order chi connectivity index (χ0) is 17.0. The molecule has 1 heterocycles. The first-order valence-electron chi connectivity index (χ1n) is 8.17. The van der Waals surface area contributed by atoms with Crippen molar-refractivity contribution in [2.45, 2.75) is 38.1 Å². The third kappa shape index (κ3) is 4.75. The van der Waals surface area contributed by atoms with Gasteiger partial charge >= 0.3 is 0 Å². The van der Waals surface area contributed by atoms with Crippen LogP contribution in [0.1, 0.15) is 43.7 Å². The number of aromatic hydroxyl groups is 1. The lowest BCUT2D eigenvalue weighted by Crippen LogP contribution is -2.36. The summed E-state index contributed by atoms with van der Waals surface area (Å²) in [6.45, 7) is 1.46. The number of aromatic amines is 1. The van der Waals surface area contributed by atoms with Crippen LogP contribution >= 0.6 is 12.2 Å². The monoisotopic (exact) mass is 339 g/mol. The summed E-state index contributed by atoms with van der Waals surface area (Å²) in [6, 6.07) is 0.159. The molecule has 0 atom stereocenters. The van der Waals surface area contributed by atoms with Gasteiger partial charge in [-0.25, -0.2) is 0 Å². The van der Waals surface area contributed by atoms with Crippen LogP contribution in [0.3, 0.4) is 0 Å². The highest BCUT2D eigenvalue weighted by Gasteiger charge is 2.21. The molecule has 0 saturated heterocycles. The van der Waals surface area contributed by atoms with Gasteiger partial charge in [-0.3, -0.25) is 19.3 Å². The van der Waals surface area contributed by atoms with Crippen molar-refractivity contribution in [1.29, 1.82) is 0 Å². The van der Waals surface area contributed by atoms with Crippen LogP contribution in [-0.4, -0.2) is 59.6 Å². The van der Waals surface area contributed by atoms with Crippen LogP contribution in [0, 0.1) is 4.77 Å². The van der Waals surface area contributed by atoms with Crippen molar-refractivity contribution in [3.05, 3.63) is 20.7 Å². The number of hydrogen-bond donors (Lipinski definition) is 2. The van der Waals surface area contributed by atoms with Crippen LogP contribution in [0.2, 0.25) is 0 Å². The number of likely N-dealkylation sites (N-methyl/N-ethyl adjacent to an activating group) is 1. The number of hydrogen-bond acceptors (Lipinski definition) is 4. The number of nitrogens with one attached hydrogen (secondary N) is 1. The molecular weight excluding hydrogens is 312 g/mol. The Labute approximate surface area is 142 Å². The molecule has 1 aliphatic carbocycles. The van der Waals surface area contributed by atoms with Crippen molar-refractivity contribution in [2.75, 3.05) is 34.2 Å². The van der Waals surface area contributed by atoms with Crippen molar-refractivity contribution in [2.24, 2.45) is 4.99 Å². The maximum absolute atomic E-state index is 12.1. The zero-order valence-corrected chi connectivity index (χ0v) is 15.0. The normalized spacial score (nSPS) is 17.0. The van der Waals surface area contributed by atoms with E-state index in [0.717, 1.165) is 36.7 Å². The summed E-state index contributed by atoms with van der Waals surface area (Å²) in [4.78, 5) is 19.1. The number of aliphatic imine (C=N–C) groups is 1. The minimum atomic E-state index is -0.381. The highest BCUT2D eigenvalue weighted by atomic mass is 32.1. The van der Waals surface area contributed by atoms with Crippen molar-refractivity contribution in [1.82, 2.24) is 9.55 Å². The van der Waals surface area contributed by atoms with Crippen molar-refractivity contribution >= 4 is 18.4 Å². The Bertz CT molecular complexity index is 679. The summed E-state index contributed by atoms with van der Waals surface area (Å²) in [6.07, 6.45) is 6.89. The summed E-state index contributed by atoms with van der Waals surface area (Å²) in [7, 11) is 6.26. The van der Waals surface area contributed by atoms with Gasteiger partial charge in [0.25, 0.3) is 5.56 Å². The van der Waals surface area contributed by atoms with E-state index in [1.165, 1.54) is 12.6 Å². The average Bonchev–Trinajstić information content (AvgIpc) is 2.46.